The largest absolute Gasteiger partial charge is 0.493 e. The Balaban J connectivity index is 1.22. The van der Waals surface area contributed by atoms with Gasteiger partial charge >= 0.3 is 5.97 Å². The average molecular weight is 641 g/mol. The molecule has 11 heteroatoms. The fourth-order valence-corrected chi connectivity index (χ4v) is 6.25. The van der Waals surface area contributed by atoms with Crippen molar-refractivity contribution < 1.29 is 37.7 Å². The second kappa shape index (κ2) is 12.8. The summed E-state index contributed by atoms with van der Waals surface area (Å²) in [5.41, 5.74) is 2.61. The summed E-state index contributed by atoms with van der Waals surface area (Å²) < 4.78 is 39.4. The first-order valence-corrected chi connectivity index (χ1v) is 15.5. The van der Waals surface area contributed by atoms with Gasteiger partial charge in [0, 0.05) is 37.7 Å². The van der Waals surface area contributed by atoms with Crippen LogP contribution in [0.5, 0.6) is 17.2 Å². The number of methoxy groups -OCH3 is 1. The number of hydrogen-bond acceptors (Lipinski definition) is 8. The van der Waals surface area contributed by atoms with Crippen molar-refractivity contribution in [2.24, 2.45) is 0 Å². The number of carbonyl (C=O) groups is 3. The quantitative estimate of drug-likeness (QED) is 0.165. The molecule has 3 aromatic carbocycles. The van der Waals surface area contributed by atoms with Gasteiger partial charge in [0.05, 0.1) is 43.4 Å². The van der Waals surface area contributed by atoms with Crippen LogP contribution >= 0.6 is 0 Å². The monoisotopic (exact) mass is 640 g/mol. The predicted molar refractivity (Wildman–Crippen MR) is 171 cm³/mol. The van der Waals surface area contributed by atoms with Crippen LogP contribution in [0, 0.1) is 12.9 Å². The minimum atomic E-state index is -0.784. The van der Waals surface area contributed by atoms with Crippen LogP contribution in [0.1, 0.15) is 64.2 Å². The van der Waals surface area contributed by atoms with Gasteiger partial charge in [-0.3, -0.25) is 9.59 Å². The number of piperidine rings is 1. The number of aromatic nitrogens is 2. The summed E-state index contributed by atoms with van der Waals surface area (Å²) in [6.45, 7) is 4.98. The molecule has 2 aliphatic rings. The van der Waals surface area contributed by atoms with Gasteiger partial charge in [0.1, 0.15) is 28.7 Å². The zero-order valence-corrected chi connectivity index (χ0v) is 26.5. The van der Waals surface area contributed by atoms with Crippen molar-refractivity contribution in [2.45, 2.75) is 38.7 Å². The summed E-state index contributed by atoms with van der Waals surface area (Å²) in [5, 5.41) is 4.11. The van der Waals surface area contributed by atoms with Gasteiger partial charge in [0.25, 0.3) is 5.91 Å². The van der Waals surface area contributed by atoms with Crippen molar-refractivity contribution in [1.29, 1.82) is 0 Å². The number of hydrogen-bond donors (Lipinski definition) is 0. The Morgan fingerprint density at radius 2 is 1.66 bits per heavy atom. The molecular formula is C36H35FN3O7-. The summed E-state index contributed by atoms with van der Waals surface area (Å²) in [5.74, 6) is -0.516. The number of amides is 1. The summed E-state index contributed by atoms with van der Waals surface area (Å²) in [4.78, 5) is 40.9. The topological polar surface area (TPSA) is 109 Å². The van der Waals surface area contributed by atoms with Crippen LogP contribution in [0.2, 0.25) is 0 Å². The van der Waals surface area contributed by atoms with Gasteiger partial charge in [0.2, 0.25) is 0 Å². The van der Waals surface area contributed by atoms with Crippen LogP contribution < -0.4 is 14.2 Å². The predicted octanol–water partition coefficient (Wildman–Crippen LogP) is 6.22. The Kier molecular flexibility index (Phi) is 8.63. The third kappa shape index (κ3) is 6.13. The molecule has 244 valence electrons. The number of ether oxygens (including phenoxy) is 4. The molecule has 1 amide bonds. The van der Waals surface area contributed by atoms with Crippen molar-refractivity contribution in [1.82, 2.24) is 14.7 Å². The summed E-state index contributed by atoms with van der Waals surface area (Å²) in [6, 6.07) is 13.0. The van der Waals surface area contributed by atoms with E-state index in [0.717, 1.165) is 11.1 Å². The van der Waals surface area contributed by atoms with Crippen LogP contribution in [-0.4, -0.2) is 71.4 Å². The second-order valence-electron chi connectivity index (χ2n) is 11.6. The highest BCUT2D eigenvalue weighted by atomic mass is 19.1. The molecule has 0 unspecified atom stereocenters. The van der Waals surface area contributed by atoms with Gasteiger partial charge in [0.15, 0.2) is 5.78 Å². The molecule has 0 N–H and O–H groups in total. The normalized spacial score (nSPS) is 15.1. The van der Waals surface area contributed by atoms with E-state index >= 15 is 0 Å². The van der Waals surface area contributed by atoms with Crippen molar-refractivity contribution >= 4 is 17.7 Å². The fraction of sp³-hybridized carbons (Fsp3) is 0.306. The highest BCUT2D eigenvalue weighted by Crippen LogP contribution is 2.43. The van der Waals surface area contributed by atoms with E-state index in [9.17, 15) is 18.8 Å². The fourth-order valence-electron chi connectivity index (χ4n) is 6.25. The van der Waals surface area contributed by atoms with E-state index in [0.29, 0.717) is 78.6 Å². The molecule has 10 nitrogen and oxygen atoms in total. The lowest BCUT2D eigenvalue weighted by Gasteiger charge is -2.44. The van der Waals surface area contributed by atoms with Crippen molar-refractivity contribution in [2.75, 3.05) is 33.4 Å². The SMILES string of the molecule is [CH2-]n1cc(-c2ccc3c(c2)C(=O)CC2(CCN(C(=O)c4cc(OCC)c(-c5ccc(C(=O)OC)c(F)c5)c(OCC)c4)CC2)O3)cn1. The molecular weight excluding hydrogens is 605 g/mol. The molecule has 2 aliphatic heterocycles. The molecule has 1 fully saturated rings. The van der Waals surface area contributed by atoms with Crippen LogP contribution in [0.3, 0.4) is 0 Å². The first-order chi connectivity index (χ1) is 22.6. The van der Waals surface area contributed by atoms with Gasteiger partial charge in [-0.15, -0.1) is 6.20 Å². The third-order valence-electron chi connectivity index (χ3n) is 8.59. The maximum Gasteiger partial charge on any atom is 0.340 e. The highest BCUT2D eigenvalue weighted by Gasteiger charge is 2.44. The summed E-state index contributed by atoms with van der Waals surface area (Å²) in [6.07, 6.45) is 4.68. The van der Waals surface area contributed by atoms with E-state index in [-0.39, 0.29) is 23.7 Å². The molecule has 1 spiro atoms. The van der Waals surface area contributed by atoms with Gasteiger partial charge in [-0.25, -0.2) is 14.3 Å². The van der Waals surface area contributed by atoms with Gasteiger partial charge in [-0.2, -0.15) is 7.05 Å². The van der Waals surface area contributed by atoms with Gasteiger partial charge in [-0.1, -0.05) is 17.7 Å². The Hall–Kier alpha value is -5.32. The molecule has 6 rings (SSSR count). The van der Waals surface area contributed by atoms with Gasteiger partial charge < -0.3 is 28.5 Å². The molecule has 0 atom stereocenters. The van der Waals surface area contributed by atoms with E-state index in [1.54, 1.807) is 35.5 Å². The minimum Gasteiger partial charge on any atom is -0.493 e. The number of Topliss-reactive ketones (excluding diaryl/α,β-unsaturated/α-hetero) is 1. The van der Waals surface area contributed by atoms with E-state index < -0.39 is 17.4 Å². The van der Waals surface area contributed by atoms with Crippen LogP contribution in [0.15, 0.2) is 60.9 Å². The van der Waals surface area contributed by atoms with Crippen molar-refractivity contribution in [3.05, 3.63) is 90.5 Å². The van der Waals surface area contributed by atoms with E-state index in [1.807, 2.05) is 32.0 Å². The Bertz CT molecular complexity index is 1830. The molecule has 0 saturated carbocycles. The number of nitrogens with zero attached hydrogens (tertiary/aromatic N) is 3. The number of carbonyl (C=O) groups excluding carboxylic acids is 3. The van der Waals surface area contributed by atoms with E-state index in [4.69, 9.17) is 14.2 Å². The Morgan fingerprint density at radius 3 is 2.26 bits per heavy atom. The van der Waals surface area contributed by atoms with E-state index in [2.05, 4.69) is 16.9 Å². The Morgan fingerprint density at radius 1 is 0.979 bits per heavy atom. The second-order valence-corrected chi connectivity index (χ2v) is 11.6. The lowest BCUT2D eigenvalue weighted by molar-refractivity contribution is -0.00573. The standard InChI is InChI=1S/C36H35FN3O7/c1-5-45-31-17-24(18-32(46-6-2)33(31)23-7-9-26(28(37)16-23)35(43)44-4)34(42)40-13-11-36(12-14-40)19-29(41)27-15-22(8-10-30(27)47-36)25-20-38-39(3)21-25/h7-10,15-18,20-21H,3,5-6,11-14,19H2,1-2,4H3/q-1. The molecule has 47 heavy (non-hydrogen) atoms. The molecule has 0 radical (unpaired) electrons. The molecule has 0 bridgehead atoms. The minimum absolute atomic E-state index is 0.00393. The number of likely N-dealkylation sites (tertiary alicyclic amines) is 1. The number of ketones is 1. The number of esters is 1. The number of fused-ring (bicyclic) bond motifs is 1. The first-order valence-electron chi connectivity index (χ1n) is 15.5. The zero-order valence-electron chi connectivity index (χ0n) is 26.5. The highest BCUT2D eigenvalue weighted by molar-refractivity contribution is 6.02. The maximum absolute atomic E-state index is 14.9. The smallest absolute Gasteiger partial charge is 0.340 e. The Labute approximate surface area is 272 Å². The van der Waals surface area contributed by atoms with E-state index in [1.165, 1.54) is 23.9 Å². The van der Waals surface area contributed by atoms with Crippen molar-refractivity contribution in [3.63, 3.8) is 0 Å². The summed E-state index contributed by atoms with van der Waals surface area (Å²) >= 11 is 0. The van der Waals surface area contributed by atoms with Crippen LogP contribution in [-0.2, 0) is 4.74 Å². The number of halogens is 1. The lowest BCUT2D eigenvalue weighted by atomic mass is 9.82. The third-order valence-corrected chi connectivity index (χ3v) is 8.59. The number of rotatable bonds is 8. The number of benzene rings is 3. The molecule has 4 aromatic rings. The molecule has 3 heterocycles. The zero-order chi connectivity index (χ0) is 33.3. The van der Waals surface area contributed by atoms with Gasteiger partial charge in [-0.05, 0) is 61.4 Å². The molecule has 1 saturated heterocycles. The maximum atomic E-state index is 14.9. The van der Waals surface area contributed by atoms with Crippen LogP contribution in [0.4, 0.5) is 4.39 Å². The molecule has 1 aromatic heterocycles. The average Bonchev–Trinajstić information content (AvgIpc) is 3.50. The summed E-state index contributed by atoms with van der Waals surface area (Å²) in [7, 11) is 4.95. The van der Waals surface area contributed by atoms with Crippen molar-refractivity contribution in [3.8, 4) is 39.5 Å². The molecule has 0 aliphatic carbocycles. The lowest BCUT2D eigenvalue weighted by Crippen LogP contribution is -2.52. The first kappa shape index (κ1) is 31.7. The van der Waals surface area contributed by atoms with Crippen LogP contribution in [0.25, 0.3) is 22.3 Å².